The minimum Gasteiger partial charge on any atom is -0.287 e. The number of halogens is 1. The first kappa shape index (κ1) is 16.1. The summed E-state index contributed by atoms with van der Waals surface area (Å²) in [5.41, 5.74) is 5.77. The van der Waals surface area contributed by atoms with Gasteiger partial charge in [0.05, 0.1) is 17.7 Å². The molecule has 1 aromatic carbocycles. The van der Waals surface area contributed by atoms with Crippen LogP contribution in [-0.2, 0) is 9.59 Å². The molecule has 1 fully saturated rings. The topological polar surface area (TPSA) is 91.4 Å². The number of aromatic nitrogens is 1. The SMILES string of the molecule is O=C(NN[C@H]1CC(=O)N(c2cccc(Cl)c2)C1=O)c1cccnc1. The summed E-state index contributed by atoms with van der Waals surface area (Å²) in [6.07, 6.45) is 2.89. The number of hydrazine groups is 1. The lowest BCUT2D eigenvalue weighted by Crippen LogP contribution is -2.48. The fourth-order valence-electron chi connectivity index (χ4n) is 2.35. The number of carbonyl (C=O) groups is 3. The third-order valence-electron chi connectivity index (χ3n) is 3.50. The summed E-state index contributed by atoms with van der Waals surface area (Å²) in [7, 11) is 0. The first-order chi connectivity index (χ1) is 11.6. The van der Waals surface area contributed by atoms with Crippen molar-refractivity contribution in [2.75, 3.05) is 4.90 Å². The Morgan fingerprint density at radius 3 is 2.79 bits per heavy atom. The maximum atomic E-state index is 12.4. The lowest BCUT2D eigenvalue weighted by molar-refractivity contribution is -0.121. The Balaban J connectivity index is 1.67. The van der Waals surface area contributed by atoms with Gasteiger partial charge < -0.3 is 0 Å². The summed E-state index contributed by atoms with van der Waals surface area (Å²) in [6.45, 7) is 0. The number of pyridine rings is 1. The molecule has 0 unspecified atom stereocenters. The highest BCUT2D eigenvalue weighted by Gasteiger charge is 2.39. The van der Waals surface area contributed by atoms with E-state index in [0.29, 0.717) is 16.3 Å². The number of nitrogens with zero attached hydrogens (tertiary/aromatic N) is 2. The van der Waals surface area contributed by atoms with E-state index in [1.165, 1.54) is 12.3 Å². The van der Waals surface area contributed by atoms with E-state index in [-0.39, 0.29) is 12.3 Å². The van der Waals surface area contributed by atoms with Crippen LogP contribution in [0, 0.1) is 0 Å². The van der Waals surface area contributed by atoms with Crippen molar-refractivity contribution in [3.05, 3.63) is 59.4 Å². The van der Waals surface area contributed by atoms with Gasteiger partial charge in [0.15, 0.2) is 0 Å². The van der Waals surface area contributed by atoms with Gasteiger partial charge in [-0.3, -0.25) is 24.8 Å². The second-order valence-electron chi connectivity index (χ2n) is 5.14. The van der Waals surface area contributed by atoms with Crippen LogP contribution in [-0.4, -0.2) is 28.7 Å². The lowest BCUT2D eigenvalue weighted by Gasteiger charge is -2.16. The fraction of sp³-hybridized carbons (Fsp3) is 0.125. The van der Waals surface area contributed by atoms with E-state index in [2.05, 4.69) is 15.8 Å². The zero-order valence-electron chi connectivity index (χ0n) is 12.4. The van der Waals surface area contributed by atoms with Crippen molar-refractivity contribution in [2.45, 2.75) is 12.5 Å². The molecule has 0 saturated carbocycles. The molecule has 3 amide bonds. The molecule has 0 spiro atoms. The van der Waals surface area contributed by atoms with Gasteiger partial charge in [0.2, 0.25) is 5.91 Å². The van der Waals surface area contributed by atoms with Crippen molar-refractivity contribution < 1.29 is 14.4 Å². The predicted molar refractivity (Wildman–Crippen MR) is 87.2 cm³/mol. The predicted octanol–water partition coefficient (Wildman–Crippen LogP) is 1.30. The van der Waals surface area contributed by atoms with Crippen LogP contribution < -0.4 is 15.8 Å². The highest BCUT2D eigenvalue weighted by Crippen LogP contribution is 2.25. The Morgan fingerprint density at radius 2 is 2.08 bits per heavy atom. The van der Waals surface area contributed by atoms with Gasteiger partial charge in [-0.15, -0.1) is 0 Å². The van der Waals surface area contributed by atoms with Crippen molar-refractivity contribution in [1.29, 1.82) is 0 Å². The Bertz CT molecular complexity index is 797. The number of nitrogens with one attached hydrogen (secondary N) is 2. The van der Waals surface area contributed by atoms with Gasteiger partial charge >= 0.3 is 0 Å². The molecule has 1 atom stereocenters. The molecule has 24 heavy (non-hydrogen) atoms. The highest BCUT2D eigenvalue weighted by molar-refractivity contribution is 6.31. The van der Waals surface area contributed by atoms with Crippen LogP contribution in [0.3, 0.4) is 0 Å². The fourth-order valence-corrected chi connectivity index (χ4v) is 2.54. The zero-order chi connectivity index (χ0) is 17.1. The van der Waals surface area contributed by atoms with E-state index in [0.717, 1.165) is 4.90 Å². The minimum absolute atomic E-state index is 0.0569. The lowest BCUT2D eigenvalue weighted by atomic mass is 10.2. The average molecular weight is 345 g/mol. The van der Waals surface area contributed by atoms with Crippen molar-refractivity contribution in [3.8, 4) is 0 Å². The second-order valence-corrected chi connectivity index (χ2v) is 5.58. The van der Waals surface area contributed by atoms with Gasteiger partial charge in [-0.1, -0.05) is 17.7 Å². The number of hydrogen-bond acceptors (Lipinski definition) is 5. The van der Waals surface area contributed by atoms with Crippen molar-refractivity contribution in [1.82, 2.24) is 15.8 Å². The summed E-state index contributed by atoms with van der Waals surface area (Å²) in [6, 6.07) is 8.84. The maximum Gasteiger partial charge on any atom is 0.266 e. The zero-order valence-corrected chi connectivity index (χ0v) is 13.2. The Morgan fingerprint density at radius 1 is 1.25 bits per heavy atom. The van der Waals surface area contributed by atoms with Gasteiger partial charge in [0.25, 0.3) is 11.8 Å². The van der Waals surface area contributed by atoms with Crippen LogP contribution in [0.2, 0.25) is 5.02 Å². The van der Waals surface area contributed by atoms with Gasteiger partial charge in [-0.2, -0.15) is 0 Å². The Labute approximate surface area is 142 Å². The first-order valence-electron chi connectivity index (χ1n) is 7.14. The maximum absolute atomic E-state index is 12.4. The number of amides is 3. The monoisotopic (exact) mass is 344 g/mol. The largest absolute Gasteiger partial charge is 0.287 e. The average Bonchev–Trinajstić information content (AvgIpc) is 2.87. The molecule has 0 aliphatic carbocycles. The van der Waals surface area contributed by atoms with E-state index in [4.69, 9.17) is 11.6 Å². The van der Waals surface area contributed by atoms with E-state index in [1.807, 2.05) is 0 Å². The van der Waals surface area contributed by atoms with Gasteiger partial charge in [0, 0.05) is 17.4 Å². The molecule has 2 aromatic rings. The van der Waals surface area contributed by atoms with Gasteiger partial charge in [0.1, 0.15) is 6.04 Å². The number of imide groups is 1. The van der Waals surface area contributed by atoms with E-state index >= 15 is 0 Å². The summed E-state index contributed by atoms with van der Waals surface area (Å²) in [5, 5.41) is 0.425. The molecular weight excluding hydrogens is 332 g/mol. The van der Waals surface area contributed by atoms with E-state index in [9.17, 15) is 14.4 Å². The van der Waals surface area contributed by atoms with E-state index in [1.54, 1.807) is 36.5 Å². The number of anilines is 1. The third kappa shape index (κ3) is 3.27. The molecular formula is C16H13ClN4O3. The van der Waals surface area contributed by atoms with Gasteiger partial charge in [-0.05, 0) is 30.3 Å². The molecule has 2 heterocycles. The summed E-state index contributed by atoms with van der Waals surface area (Å²) in [4.78, 5) is 41.4. The van der Waals surface area contributed by atoms with Crippen molar-refractivity contribution in [2.24, 2.45) is 0 Å². The standard InChI is InChI=1S/C16H13ClN4O3/c17-11-4-1-5-12(7-11)21-14(22)8-13(16(21)24)19-20-15(23)10-3-2-6-18-9-10/h1-7,9,13,19H,8H2,(H,20,23)/t13-/m0/s1. The molecule has 7 nitrogen and oxygen atoms in total. The van der Waals surface area contributed by atoms with E-state index < -0.39 is 17.9 Å². The molecule has 1 saturated heterocycles. The highest BCUT2D eigenvalue weighted by atomic mass is 35.5. The summed E-state index contributed by atoms with van der Waals surface area (Å²) < 4.78 is 0. The Hall–Kier alpha value is -2.77. The van der Waals surface area contributed by atoms with Gasteiger partial charge in [-0.25, -0.2) is 10.3 Å². The third-order valence-corrected chi connectivity index (χ3v) is 3.73. The number of rotatable bonds is 4. The molecule has 1 aliphatic heterocycles. The van der Waals surface area contributed by atoms with Crippen LogP contribution >= 0.6 is 11.6 Å². The molecule has 122 valence electrons. The molecule has 1 aliphatic rings. The second kappa shape index (κ2) is 6.77. The minimum atomic E-state index is -0.836. The van der Waals surface area contributed by atoms with Crippen LogP contribution in [0.1, 0.15) is 16.8 Å². The first-order valence-corrected chi connectivity index (χ1v) is 7.52. The summed E-state index contributed by atoms with van der Waals surface area (Å²) >= 11 is 5.90. The molecule has 3 rings (SSSR count). The molecule has 0 bridgehead atoms. The van der Waals surface area contributed by atoms with Crippen LogP contribution in [0.15, 0.2) is 48.8 Å². The molecule has 1 aromatic heterocycles. The van der Waals surface area contributed by atoms with Crippen molar-refractivity contribution >= 4 is 35.0 Å². The normalized spacial score (nSPS) is 17.2. The number of hydrogen-bond donors (Lipinski definition) is 2. The number of carbonyl (C=O) groups excluding carboxylic acids is 3. The van der Waals surface area contributed by atoms with Crippen LogP contribution in [0.5, 0.6) is 0 Å². The van der Waals surface area contributed by atoms with Crippen LogP contribution in [0.25, 0.3) is 0 Å². The van der Waals surface area contributed by atoms with Crippen molar-refractivity contribution in [3.63, 3.8) is 0 Å². The molecule has 2 N–H and O–H groups in total. The quantitative estimate of drug-likeness (QED) is 0.644. The molecule has 8 heteroatoms. The molecule has 0 radical (unpaired) electrons. The smallest absolute Gasteiger partial charge is 0.266 e. The summed E-state index contributed by atoms with van der Waals surface area (Å²) in [5.74, 6) is -1.26. The van der Waals surface area contributed by atoms with Crippen LogP contribution in [0.4, 0.5) is 5.69 Å². The Kier molecular flexibility index (Phi) is 4.54. The number of benzene rings is 1.